The van der Waals surface area contributed by atoms with E-state index in [1.807, 2.05) is 73.7 Å². The summed E-state index contributed by atoms with van der Waals surface area (Å²) < 4.78 is 0.733. The van der Waals surface area contributed by atoms with E-state index >= 15 is 0 Å². The number of nitrogens with two attached hydrogens (primary N) is 1. The number of amides is 1. The number of pyridine rings is 1. The van der Waals surface area contributed by atoms with Crippen LogP contribution in [0.3, 0.4) is 0 Å². The van der Waals surface area contributed by atoms with Crippen LogP contribution < -0.4 is 16.4 Å². The van der Waals surface area contributed by atoms with Crippen molar-refractivity contribution in [3.63, 3.8) is 0 Å². The Morgan fingerprint density at radius 2 is 1.71 bits per heavy atom. The summed E-state index contributed by atoms with van der Waals surface area (Å²) in [6.45, 7) is 4.49. The fourth-order valence-electron chi connectivity index (χ4n) is 4.35. The van der Waals surface area contributed by atoms with Crippen LogP contribution in [0.15, 0.2) is 78.9 Å². The fourth-order valence-corrected chi connectivity index (χ4v) is 5.58. The van der Waals surface area contributed by atoms with Gasteiger partial charge in [0.05, 0.1) is 10.2 Å². The lowest BCUT2D eigenvalue weighted by Crippen LogP contribution is -2.23. The molecule has 0 radical (unpaired) electrons. The van der Waals surface area contributed by atoms with E-state index in [0.29, 0.717) is 33.8 Å². The van der Waals surface area contributed by atoms with Gasteiger partial charge in [-0.05, 0) is 42.2 Å². The molecule has 38 heavy (non-hydrogen) atoms. The second-order valence-corrected chi connectivity index (χ2v) is 10.1. The molecule has 0 unspecified atom stereocenters. The highest BCUT2D eigenvalue weighted by molar-refractivity contribution is 7.24. The van der Waals surface area contributed by atoms with Crippen LogP contribution >= 0.6 is 11.3 Å². The van der Waals surface area contributed by atoms with E-state index in [9.17, 15) is 10.1 Å². The fraction of sp³-hybridized carbons (Fsp3) is 0.129. The molecule has 3 aromatic carbocycles. The highest BCUT2D eigenvalue weighted by Gasteiger charge is 2.26. The average Bonchev–Trinajstić information content (AvgIpc) is 3.29. The first kappa shape index (κ1) is 25.0. The number of hydrogen-bond donors (Lipinski definition) is 3. The van der Waals surface area contributed by atoms with Gasteiger partial charge in [0.2, 0.25) is 0 Å². The summed E-state index contributed by atoms with van der Waals surface area (Å²) in [6.07, 6.45) is 0.941. The third kappa shape index (κ3) is 4.95. The number of nitrogens with one attached hydrogen (secondary N) is 2. The van der Waals surface area contributed by atoms with E-state index in [2.05, 4.69) is 40.7 Å². The van der Waals surface area contributed by atoms with Gasteiger partial charge in [0.15, 0.2) is 0 Å². The van der Waals surface area contributed by atoms with Crippen LogP contribution in [0.25, 0.3) is 21.3 Å². The molecular weight excluding hydrogens is 490 g/mol. The molecule has 6 nitrogen and oxygen atoms in total. The number of aryl methyl sites for hydroxylation is 2. The minimum atomic E-state index is -0.265. The molecule has 0 aliphatic rings. The Morgan fingerprint density at radius 1 is 1.00 bits per heavy atom. The third-order valence-electron chi connectivity index (χ3n) is 6.44. The van der Waals surface area contributed by atoms with E-state index in [1.165, 1.54) is 16.9 Å². The molecule has 0 aliphatic heterocycles. The molecule has 5 aromatic rings. The second-order valence-electron chi connectivity index (χ2n) is 9.05. The highest BCUT2D eigenvalue weighted by Crippen LogP contribution is 2.44. The molecule has 0 aliphatic carbocycles. The molecule has 2 heterocycles. The lowest BCUT2D eigenvalue weighted by Gasteiger charge is -2.10. The van der Waals surface area contributed by atoms with Gasteiger partial charge in [-0.3, -0.25) is 4.79 Å². The molecule has 7 heteroatoms. The monoisotopic (exact) mass is 517 g/mol. The minimum Gasteiger partial charge on any atom is -0.383 e. The molecule has 5 rings (SSSR count). The molecule has 4 N–H and O–H groups in total. The number of aromatic nitrogens is 1. The van der Waals surface area contributed by atoms with Gasteiger partial charge in [-0.2, -0.15) is 5.26 Å². The lowest BCUT2D eigenvalue weighted by molar-refractivity contribution is 0.0953. The number of nitrogen functional groups attached to an aromatic ring is 1. The number of anilines is 3. The zero-order chi connectivity index (χ0) is 26.6. The zero-order valence-corrected chi connectivity index (χ0v) is 22.0. The minimum absolute atomic E-state index is 0.101. The van der Waals surface area contributed by atoms with Gasteiger partial charge in [0.25, 0.3) is 5.91 Å². The summed E-state index contributed by atoms with van der Waals surface area (Å²) in [6, 6.07) is 28.0. The molecule has 2 aromatic heterocycles. The molecule has 0 saturated heterocycles. The SMILES string of the molecule is CCc1ccc(Nc2sc3c(-c4ccc(C)cc4)c(C#N)c(N)nc3c2C(=O)NCc2ccccc2)cc1. The van der Waals surface area contributed by atoms with Gasteiger partial charge in [-0.25, -0.2) is 4.98 Å². The first-order chi connectivity index (χ1) is 18.5. The van der Waals surface area contributed by atoms with Crippen molar-refractivity contribution in [2.45, 2.75) is 26.8 Å². The molecule has 0 fully saturated rings. The Labute approximate surface area is 225 Å². The lowest BCUT2D eigenvalue weighted by atomic mass is 9.99. The van der Waals surface area contributed by atoms with E-state index in [1.54, 1.807) is 0 Å². The largest absolute Gasteiger partial charge is 0.383 e. The maximum Gasteiger partial charge on any atom is 0.256 e. The predicted octanol–water partition coefficient (Wildman–Crippen LogP) is 6.96. The Balaban J connectivity index is 1.67. The standard InChI is InChI=1S/C31H27N5OS/c1-3-20-11-15-23(16-12-20)35-31-26(30(37)34-18-21-7-5-4-6-8-21)27-28(38-31)25(24(17-32)29(33)36-27)22-13-9-19(2)10-14-22/h4-16,35H,3,18H2,1-2H3,(H2,33,36)(H,34,37). The second kappa shape index (κ2) is 10.8. The van der Waals surface area contributed by atoms with Crippen molar-refractivity contribution in [2.75, 3.05) is 11.1 Å². The van der Waals surface area contributed by atoms with Gasteiger partial charge in [-0.15, -0.1) is 11.3 Å². The molecule has 0 saturated carbocycles. The number of nitriles is 1. The number of carbonyl (C=O) groups is 1. The number of hydrogen-bond acceptors (Lipinski definition) is 6. The van der Waals surface area contributed by atoms with Crippen LogP contribution in [-0.2, 0) is 13.0 Å². The van der Waals surface area contributed by atoms with E-state index < -0.39 is 0 Å². The summed E-state index contributed by atoms with van der Waals surface area (Å²) in [7, 11) is 0. The highest BCUT2D eigenvalue weighted by atomic mass is 32.1. The van der Waals surface area contributed by atoms with E-state index in [0.717, 1.165) is 33.5 Å². The number of thiophene rings is 1. The van der Waals surface area contributed by atoms with Crippen molar-refractivity contribution in [1.29, 1.82) is 5.26 Å². The Bertz CT molecular complexity index is 1650. The summed E-state index contributed by atoms with van der Waals surface area (Å²) in [5.74, 6) is -0.163. The normalized spacial score (nSPS) is 10.8. The van der Waals surface area contributed by atoms with Crippen LogP contribution in [0.1, 0.15) is 39.5 Å². The van der Waals surface area contributed by atoms with Crippen molar-refractivity contribution in [3.05, 3.63) is 107 Å². The smallest absolute Gasteiger partial charge is 0.256 e. The van der Waals surface area contributed by atoms with Gasteiger partial charge < -0.3 is 16.4 Å². The van der Waals surface area contributed by atoms with Crippen molar-refractivity contribution < 1.29 is 4.79 Å². The van der Waals surface area contributed by atoms with Crippen LogP contribution in [0.4, 0.5) is 16.5 Å². The molecule has 1 amide bonds. The number of rotatable bonds is 7. The van der Waals surface area contributed by atoms with Crippen molar-refractivity contribution in [2.24, 2.45) is 0 Å². The maximum atomic E-state index is 13.7. The average molecular weight is 518 g/mol. The number of carbonyl (C=O) groups excluding carboxylic acids is 1. The summed E-state index contributed by atoms with van der Waals surface area (Å²) in [4.78, 5) is 18.3. The number of benzene rings is 3. The van der Waals surface area contributed by atoms with Crippen molar-refractivity contribution >= 4 is 44.0 Å². The third-order valence-corrected chi connectivity index (χ3v) is 7.56. The first-order valence-electron chi connectivity index (χ1n) is 12.4. The molecule has 0 spiro atoms. The Morgan fingerprint density at radius 3 is 2.37 bits per heavy atom. The summed E-state index contributed by atoms with van der Waals surface area (Å²) >= 11 is 1.40. The summed E-state index contributed by atoms with van der Waals surface area (Å²) in [5, 5.41) is 17.1. The zero-order valence-electron chi connectivity index (χ0n) is 21.2. The topological polar surface area (TPSA) is 104 Å². The maximum absolute atomic E-state index is 13.7. The van der Waals surface area contributed by atoms with Crippen molar-refractivity contribution in [3.8, 4) is 17.2 Å². The molecule has 188 valence electrons. The van der Waals surface area contributed by atoms with E-state index in [4.69, 9.17) is 5.73 Å². The Kier molecular flexibility index (Phi) is 7.07. The van der Waals surface area contributed by atoms with Crippen LogP contribution in [0.5, 0.6) is 0 Å². The van der Waals surface area contributed by atoms with Crippen LogP contribution in [0, 0.1) is 18.3 Å². The van der Waals surface area contributed by atoms with Crippen LogP contribution in [0.2, 0.25) is 0 Å². The van der Waals surface area contributed by atoms with Gasteiger partial charge in [0.1, 0.15) is 28.0 Å². The summed E-state index contributed by atoms with van der Waals surface area (Å²) in [5.41, 5.74) is 13.2. The number of fused-ring (bicyclic) bond motifs is 1. The van der Waals surface area contributed by atoms with E-state index in [-0.39, 0.29) is 11.7 Å². The van der Waals surface area contributed by atoms with Crippen LogP contribution in [-0.4, -0.2) is 10.9 Å². The van der Waals surface area contributed by atoms with Gasteiger partial charge in [0, 0.05) is 17.8 Å². The molecular formula is C31H27N5OS. The number of nitrogens with zero attached hydrogens (tertiary/aromatic N) is 2. The van der Waals surface area contributed by atoms with Gasteiger partial charge in [-0.1, -0.05) is 79.2 Å². The quantitative estimate of drug-likeness (QED) is 0.216. The van der Waals surface area contributed by atoms with Crippen molar-refractivity contribution in [1.82, 2.24) is 10.3 Å². The van der Waals surface area contributed by atoms with Gasteiger partial charge >= 0.3 is 0 Å². The molecule has 0 atom stereocenters. The first-order valence-corrected chi connectivity index (χ1v) is 13.2. The predicted molar refractivity (Wildman–Crippen MR) is 156 cm³/mol. The molecule has 0 bridgehead atoms. The Hall–Kier alpha value is -4.67.